The maximum Gasteiger partial charge on any atom is 0.272 e. The number of rotatable bonds is 6. The van der Waals surface area contributed by atoms with Crippen LogP contribution in [0.4, 0.5) is 5.69 Å². The summed E-state index contributed by atoms with van der Waals surface area (Å²) in [6.07, 6.45) is 3.32. The molecule has 0 atom stereocenters. The van der Waals surface area contributed by atoms with Gasteiger partial charge in [0.05, 0.1) is 4.92 Å². The van der Waals surface area contributed by atoms with Crippen molar-refractivity contribution >= 4 is 11.6 Å². The van der Waals surface area contributed by atoms with Crippen molar-refractivity contribution in [3.8, 4) is 0 Å². The zero-order valence-corrected chi connectivity index (χ0v) is 12.0. The van der Waals surface area contributed by atoms with Gasteiger partial charge in [-0.2, -0.15) is 0 Å². The summed E-state index contributed by atoms with van der Waals surface area (Å²) in [7, 11) is 0. The van der Waals surface area contributed by atoms with Crippen LogP contribution in [0.25, 0.3) is 0 Å². The molecular weight excluding hydrogens is 256 g/mol. The van der Waals surface area contributed by atoms with E-state index in [0.717, 1.165) is 19.5 Å². The summed E-state index contributed by atoms with van der Waals surface area (Å²) in [4.78, 5) is 24.7. The predicted molar refractivity (Wildman–Crippen MR) is 76.8 cm³/mol. The quantitative estimate of drug-likeness (QED) is 0.592. The lowest BCUT2D eigenvalue weighted by Crippen LogP contribution is -2.33. The lowest BCUT2D eigenvalue weighted by atomic mass is 10.1. The summed E-state index contributed by atoms with van der Waals surface area (Å²) in [5, 5.41) is 10.8. The van der Waals surface area contributed by atoms with Crippen molar-refractivity contribution in [1.82, 2.24) is 4.90 Å². The normalized spacial score (nSPS) is 14.1. The van der Waals surface area contributed by atoms with Crippen molar-refractivity contribution in [2.45, 2.75) is 33.1 Å². The highest BCUT2D eigenvalue weighted by Crippen LogP contribution is 2.30. The third-order valence-electron chi connectivity index (χ3n) is 3.60. The highest BCUT2D eigenvalue weighted by Gasteiger charge is 2.27. The molecule has 108 valence electrons. The number of nitrogens with zero attached hydrogens (tertiary/aromatic N) is 2. The number of hydrogen-bond acceptors (Lipinski definition) is 3. The molecule has 1 saturated carbocycles. The molecule has 1 aliphatic rings. The molecule has 0 saturated heterocycles. The van der Waals surface area contributed by atoms with Crippen molar-refractivity contribution < 1.29 is 9.72 Å². The standard InChI is InChI=1S/C15H20N2O3/c1-3-8-16(10-12-4-5-12)15(18)13-6-7-14(17(19)20)11(2)9-13/h6-7,9,12H,3-5,8,10H2,1-2H3. The third-order valence-corrected chi connectivity index (χ3v) is 3.60. The maximum atomic E-state index is 12.5. The number of nitro benzene ring substituents is 1. The summed E-state index contributed by atoms with van der Waals surface area (Å²) >= 11 is 0. The van der Waals surface area contributed by atoms with E-state index in [0.29, 0.717) is 17.0 Å². The van der Waals surface area contributed by atoms with E-state index in [-0.39, 0.29) is 11.6 Å². The number of aryl methyl sites for hydroxylation is 1. The van der Waals surface area contributed by atoms with Crippen molar-refractivity contribution in [3.05, 3.63) is 39.4 Å². The third kappa shape index (κ3) is 3.35. The second kappa shape index (κ2) is 6.03. The minimum Gasteiger partial charge on any atom is -0.338 e. The van der Waals surface area contributed by atoms with E-state index in [1.54, 1.807) is 19.1 Å². The van der Waals surface area contributed by atoms with Gasteiger partial charge in [-0.05, 0) is 44.2 Å². The Labute approximate surface area is 118 Å². The molecule has 0 unspecified atom stereocenters. The zero-order valence-electron chi connectivity index (χ0n) is 12.0. The van der Waals surface area contributed by atoms with Gasteiger partial charge < -0.3 is 4.90 Å². The first-order valence-electron chi connectivity index (χ1n) is 7.07. The Morgan fingerprint density at radius 3 is 2.65 bits per heavy atom. The number of amides is 1. The number of hydrogen-bond donors (Lipinski definition) is 0. The largest absolute Gasteiger partial charge is 0.338 e. The van der Waals surface area contributed by atoms with E-state index in [4.69, 9.17) is 0 Å². The van der Waals surface area contributed by atoms with Crippen LogP contribution in [0.5, 0.6) is 0 Å². The minimum absolute atomic E-state index is 0.0169. The van der Waals surface area contributed by atoms with Gasteiger partial charge in [-0.15, -0.1) is 0 Å². The summed E-state index contributed by atoms with van der Waals surface area (Å²) in [6.45, 7) is 5.27. The predicted octanol–water partition coefficient (Wildman–Crippen LogP) is 3.17. The molecule has 0 heterocycles. The van der Waals surface area contributed by atoms with E-state index >= 15 is 0 Å². The smallest absolute Gasteiger partial charge is 0.272 e. The summed E-state index contributed by atoms with van der Waals surface area (Å²) in [5.74, 6) is 0.626. The number of benzene rings is 1. The Bertz CT molecular complexity index is 524. The van der Waals surface area contributed by atoms with Crippen molar-refractivity contribution in [2.75, 3.05) is 13.1 Å². The molecule has 2 rings (SSSR count). The van der Waals surface area contributed by atoms with Crippen LogP contribution >= 0.6 is 0 Å². The molecule has 1 aromatic rings. The first-order valence-corrected chi connectivity index (χ1v) is 7.07. The van der Waals surface area contributed by atoms with Gasteiger partial charge in [-0.1, -0.05) is 6.92 Å². The van der Waals surface area contributed by atoms with Crippen LogP contribution in [0, 0.1) is 23.0 Å². The molecule has 20 heavy (non-hydrogen) atoms. The van der Waals surface area contributed by atoms with Gasteiger partial charge in [-0.3, -0.25) is 14.9 Å². The number of nitro groups is 1. The molecule has 1 fully saturated rings. The molecule has 1 aliphatic carbocycles. The highest BCUT2D eigenvalue weighted by molar-refractivity contribution is 5.94. The minimum atomic E-state index is -0.419. The van der Waals surface area contributed by atoms with Crippen LogP contribution < -0.4 is 0 Å². The van der Waals surface area contributed by atoms with Crippen molar-refractivity contribution in [2.24, 2.45) is 5.92 Å². The van der Waals surface area contributed by atoms with Crippen LogP contribution in [0.1, 0.15) is 42.1 Å². The summed E-state index contributed by atoms with van der Waals surface area (Å²) in [6, 6.07) is 4.60. The molecule has 0 aromatic heterocycles. The second-order valence-electron chi connectivity index (χ2n) is 5.45. The van der Waals surface area contributed by atoms with Gasteiger partial charge in [-0.25, -0.2) is 0 Å². The fourth-order valence-electron chi connectivity index (χ4n) is 2.33. The monoisotopic (exact) mass is 276 g/mol. The fraction of sp³-hybridized carbons (Fsp3) is 0.533. The Hall–Kier alpha value is -1.91. The van der Waals surface area contributed by atoms with Gasteiger partial charge in [0.2, 0.25) is 0 Å². The summed E-state index contributed by atoms with van der Waals surface area (Å²) < 4.78 is 0. The van der Waals surface area contributed by atoms with Gasteiger partial charge in [0, 0.05) is 30.3 Å². The van der Waals surface area contributed by atoms with Crippen LogP contribution in [0.15, 0.2) is 18.2 Å². The fourth-order valence-corrected chi connectivity index (χ4v) is 2.33. The van der Waals surface area contributed by atoms with Crippen LogP contribution in [-0.2, 0) is 0 Å². The van der Waals surface area contributed by atoms with Crippen molar-refractivity contribution in [3.63, 3.8) is 0 Å². The van der Waals surface area contributed by atoms with E-state index in [9.17, 15) is 14.9 Å². The van der Waals surface area contributed by atoms with Crippen LogP contribution in [0.2, 0.25) is 0 Å². The maximum absolute atomic E-state index is 12.5. The molecule has 1 aromatic carbocycles. The summed E-state index contributed by atoms with van der Waals surface area (Å²) in [5.41, 5.74) is 1.14. The second-order valence-corrected chi connectivity index (χ2v) is 5.45. The lowest BCUT2D eigenvalue weighted by Gasteiger charge is -2.22. The molecule has 0 spiro atoms. The van der Waals surface area contributed by atoms with E-state index in [2.05, 4.69) is 0 Å². The zero-order chi connectivity index (χ0) is 14.7. The van der Waals surface area contributed by atoms with Gasteiger partial charge in [0.25, 0.3) is 11.6 Å². The van der Waals surface area contributed by atoms with Crippen molar-refractivity contribution in [1.29, 1.82) is 0 Å². The molecule has 0 radical (unpaired) electrons. The van der Waals surface area contributed by atoms with Gasteiger partial charge >= 0.3 is 0 Å². The Morgan fingerprint density at radius 2 is 2.15 bits per heavy atom. The Kier molecular flexibility index (Phi) is 4.37. The molecule has 0 bridgehead atoms. The van der Waals surface area contributed by atoms with E-state index in [1.807, 2.05) is 11.8 Å². The first-order chi connectivity index (χ1) is 9.52. The SMILES string of the molecule is CCCN(CC1CC1)C(=O)c1ccc([N+](=O)[O-])c(C)c1. The van der Waals surface area contributed by atoms with E-state index < -0.39 is 4.92 Å². The Balaban J connectivity index is 2.17. The number of carbonyl (C=O) groups excluding carboxylic acids is 1. The molecule has 1 amide bonds. The van der Waals surface area contributed by atoms with Crippen LogP contribution in [0.3, 0.4) is 0 Å². The molecule has 0 aliphatic heterocycles. The van der Waals surface area contributed by atoms with Crippen LogP contribution in [-0.4, -0.2) is 28.8 Å². The molecule has 5 heteroatoms. The highest BCUT2D eigenvalue weighted by atomic mass is 16.6. The van der Waals surface area contributed by atoms with Gasteiger partial charge in [0.15, 0.2) is 0 Å². The van der Waals surface area contributed by atoms with E-state index in [1.165, 1.54) is 18.9 Å². The Morgan fingerprint density at radius 1 is 1.45 bits per heavy atom. The lowest BCUT2D eigenvalue weighted by molar-refractivity contribution is -0.385. The average Bonchev–Trinajstić information content (AvgIpc) is 3.21. The first kappa shape index (κ1) is 14.5. The topological polar surface area (TPSA) is 63.5 Å². The molecule has 5 nitrogen and oxygen atoms in total. The average molecular weight is 276 g/mol. The molecular formula is C15H20N2O3. The molecule has 0 N–H and O–H groups in total. The van der Waals surface area contributed by atoms with Gasteiger partial charge in [0.1, 0.15) is 0 Å². The number of carbonyl (C=O) groups is 1.